The fourth-order valence-corrected chi connectivity index (χ4v) is 2.50. The van der Waals surface area contributed by atoms with Crippen LogP contribution in [0.2, 0.25) is 0 Å². The summed E-state index contributed by atoms with van der Waals surface area (Å²) in [7, 11) is 0. The fraction of sp³-hybridized carbons (Fsp3) is 0.636. The van der Waals surface area contributed by atoms with Gasteiger partial charge in [-0.15, -0.1) is 11.3 Å². The van der Waals surface area contributed by atoms with Gasteiger partial charge in [-0.25, -0.2) is 4.98 Å². The molecule has 0 radical (unpaired) electrons. The van der Waals surface area contributed by atoms with Gasteiger partial charge in [0.2, 0.25) is 0 Å². The standard InChI is InChI=1S/C11H15N3S/c1-11(9-12)2-5-14(6-3-11)8-10-13-4-7-15-10/h4,7H,2-3,5-6,8H2,1H3. The van der Waals surface area contributed by atoms with Crippen molar-refractivity contribution in [2.45, 2.75) is 26.3 Å². The number of hydrogen-bond acceptors (Lipinski definition) is 4. The molecule has 2 heterocycles. The highest BCUT2D eigenvalue weighted by Gasteiger charge is 2.29. The quantitative estimate of drug-likeness (QED) is 0.769. The van der Waals surface area contributed by atoms with E-state index < -0.39 is 0 Å². The highest BCUT2D eigenvalue weighted by molar-refractivity contribution is 7.09. The maximum Gasteiger partial charge on any atom is 0.107 e. The number of nitriles is 1. The summed E-state index contributed by atoms with van der Waals surface area (Å²) in [6.07, 6.45) is 3.81. The highest BCUT2D eigenvalue weighted by Crippen LogP contribution is 2.30. The zero-order valence-corrected chi connectivity index (χ0v) is 9.76. The number of nitrogens with zero attached hydrogens (tertiary/aromatic N) is 3. The van der Waals surface area contributed by atoms with Gasteiger partial charge in [-0.2, -0.15) is 5.26 Å². The van der Waals surface area contributed by atoms with Crippen molar-refractivity contribution in [3.8, 4) is 6.07 Å². The van der Waals surface area contributed by atoms with Crippen LogP contribution in [-0.4, -0.2) is 23.0 Å². The Hall–Kier alpha value is -0.920. The van der Waals surface area contributed by atoms with E-state index in [4.69, 9.17) is 5.26 Å². The first-order valence-electron chi connectivity index (χ1n) is 5.24. The van der Waals surface area contributed by atoms with Crippen molar-refractivity contribution in [3.63, 3.8) is 0 Å². The van der Waals surface area contributed by atoms with Crippen LogP contribution in [0.5, 0.6) is 0 Å². The lowest BCUT2D eigenvalue weighted by atomic mass is 9.82. The molecule has 1 aromatic heterocycles. The Kier molecular flexibility index (Phi) is 3.03. The van der Waals surface area contributed by atoms with Crippen molar-refractivity contribution >= 4 is 11.3 Å². The second-order valence-corrected chi connectivity index (χ2v) is 5.35. The van der Waals surface area contributed by atoms with E-state index in [0.717, 1.165) is 32.5 Å². The maximum atomic E-state index is 9.01. The topological polar surface area (TPSA) is 39.9 Å². The van der Waals surface area contributed by atoms with Crippen LogP contribution in [0.3, 0.4) is 0 Å². The Morgan fingerprint density at radius 2 is 2.33 bits per heavy atom. The van der Waals surface area contributed by atoms with Gasteiger partial charge in [0.15, 0.2) is 0 Å². The molecule has 80 valence electrons. The van der Waals surface area contributed by atoms with Crippen LogP contribution in [0.25, 0.3) is 0 Å². The van der Waals surface area contributed by atoms with E-state index in [9.17, 15) is 0 Å². The van der Waals surface area contributed by atoms with Crippen molar-refractivity contribution in [2.75, 3.05) is 13.1 Å². The van der Waals surface area contributed by atoms with Gasteiger partial charge in [0, 0.05) is 24.7 Å². The number of piperidine rings is 1. The van der Waals surface area contributed by atoms with E-state index in [-0.39, 0.29) is 5.41 Å². The van der Waals surface area contributed by atoms with Gasteiger partial charge >= 0.3 is 0 Å². The first-order valence-corrected chi connectivity index (χ1v) is 6.12. The number of aromatic nitrogens is 1. The van der Waals surface area contributed by atoms with Crippen molar-refractivity contribution in [2.24, 2.45) is 5.41 Å². The van der Waals surface area contributed by atoms with Gasteiger partial charge in [-0.1, -0.05) is 0 Å². The Balaban J connectivity index is 1.87. The largest absolute Gasteiger partial charge is 0.297 e. The summed E-state index contributed by atoms with van der Waals surface area (Å²) in [5.74, 6) is 0. The molecule has 0 N–H and O–H groups in total. The molecule has 0 atom stereocenters. The summed E-state index contributed by atoms with van der Waals surface area (Å²) in [5, 5.41) is 12.2. The molecular weight excluding hydrogens is 206 g/mol. The van der Waals surface area contributed by atoms with Gasteiger partial charge < -0.3 is 0 Å². The Labute approximate surface area is 94.4 Å². The predicted molar refractivity (Wildman–Crippen MR) is 60.3 cm³/mol. The first-order chi connectivity index (χ1) is 7.22. The molecule has 0 spiro atoms. The Bertz CT molecular complexity index is 344. The van der Waals surface area contributed by atoms with Gasteiger partial charge in [-0.3, -0.25) is 4.90 Å². The third kappa shape index (κ3) is 2.55. The highest BCUT2D eigenvalue weighted by atomic mass is 32.1. The van der Waals surface area contributed by atoms with E-state index in [0.29, 0.717) is 0 Å². The van der Waals surface area contributed by atoms with E-state index in [2.05, 4.69) is 22.9 Å². The van der Waals surface area contributed by atoms with Gasteiger partial charge in [0.1, 0.15) is 5.01 Å². The summed E-state index contributed by atoms with van der Waals surface area (Å²) in [4.78, 5) is 6.67. The SMILES string of the molecule is CC1(C#N)CCN(Cc2nccs2)CC1. The average Bonchev–Trinajstić information content (AvgIpc) is 2.75. The third-order valence-corrected chi connectivity index (χ3v) is 3.84. The summed E-state index contributed by atoms with van der Waals surface area (Å²) >= 11 is 1.70. The smallest absolute Gasteiger partial charge is 0.107 e. The molecule has 2 rings (SSSR count). The molecule has 0 bridgehead atoms. The van der Waals surface area contributed by atoms with Crippen LogP contribution in [0.1, 0.15) is 24.8 Å². The maximum absolute atomic E-state index is 9.01. The molecule has 15 heavy (non-hydrogen) atoms. The van der Waals surface area contributed by atoms with Crippen LogP contribution in [-0.2, 0) is 6.54 Å². The summed E-state index contributed by atoms with van der Waals surface area (Å²) in [5.41, 5.74) is -0.0978. The molecule has 1 aliphatic rings. The minimum absolute atomic E-state index is 0.0978. The summed E-state index contributed by atoms with van der Waals surface area (Å²) in [6.45, 7) is 5.04. The van der Waals surface area contributed by atoms with Crippen molar-refractivity contribution in [3.05, 3.63) is 16.6 Å². The first kappa shape index (κ1) is 10.6. The van der Waals surface area contributed by atoms with Gasteiger partial charge in [0.25, 0.3) is 0 Å². The molecule has 1 fully saturated rings. The number of hydrogen-bond donors (Lipinski definition) is 0. The Morgan fingerprint density at radius 3 is 2.87 bits per heavy atom. The molecule has 1 saturated heterocycles. The lowest BCUT2D eigenvalue weighted by Crippen LogP contribution is -2.37. The number of likely N-dealkylation sites (tertiary alicyclic amines) is 1. The lowest BCUT2D eigenvalue weighted by molar-refractivity contribution is 0.150. The zero-order valence-electron chi connectivity index (χ0n) is 8.94. The normalized spacial score (nSPS) is 21.1. The third-order valence-electron chi connectivity index (χ3n) is 3.07. The molecule has 0 aliphatic carbocycles. The van der Waals surface area contributed by atoms with Crippen LogP contribution in [0, 0.1) is 16.7 Å². The molecule has 0 unspecified atom stereocenters. The average molecular weight is 221 g/mol. The van der Waals surface area contributed by atoms with Crippen LogP contribution < -0.4 is 0 Å². The number of thiazole rings is 1. The minimum Gasteiger partial charge on any atom is -0.297 e. The number of rotatable bonds is 2. The molecular formula is C11H15N3S. The van der Waals surface area contributed by atoms with Crippen LogP contribution in [0.4, 0.5) is 0 Å². The summed E-state index contributed by atoms with van der Waals surface area (Å²) < 4.78 is 0. The predicted octanol–water partition coefficient (Wildman–Crippen LogP) is 2.27. The molecule has 0 amide bonds. The van der Waals surface area contributed by atoms with Crippen molar-refractivity contribution < 1.29 is 0 Å². The molecule has 0 aromatic carbocycles. The van der Waals surface area contributed by atoms with E-state index >= 15 is 0 Å². The van der Waals surface area contributed by atoms with E-state index in [1.807, 2.05) is 11.6 Å². The second-order valence-electron chi connectivity index (χ2n) is 4.37. The van der Waals surface area contributed by atoms with Gasteiger partial charge in [0.05, 0.1) is 18.0 Å². The monoisotopic (exact) mass is 221 g/mol. The zero-order chi connectivity index (χ0) is 10.7. The Morgan fingerprint density at radius 1 is 1.60 bits per heavy atom. The molecule has 3 nitrogen and oxygen atoms in total. The summed E-state index contributed by atoms with van der Waals surface area (Å²) in [6, 6.07) is 2.42. The second kappa shape index (κ2) is 4.30. The fourth-order valence-electron chi connectivity index (χ4n) is 1.84. The van der Waals surface area contributed by atoms with Crippen LogP contribution in [0.15, 0.2) is 11.6 Å². The van der Waals surface area contributed by atoms with Crippen molar-refractivity contribution in [1.29, 1.82) is 5.26 Å². The molecule has 1 aromatic rings. The van der Waals surface area contributed by atoms with E-state index in [1.165, 1.54) is 5.01 Å². The van der Waals surface area contributed by atoms with Gasteiger partial charge in [-0.05, 0) is 19.8 Å². The van der Waals surface area contributed by atoms with Crippen LogP contribution >= 0.6 is 11.3 Å². The molecule has 4 heteroatoms. The minimum atomic E-state index is -0.0978. The van der Waals surface area contributed by atoms with Crippen molar-refractivity contribution in [1.82, 2.24) is 9.88 Å². The lowest BCUT2D eigenvalue weighted by Gasteiger charge is -2.34. The molecule has 0 saturated carbocycles. The molecule has 1 aliphatic heterocycles. The van der Waals surface area contributed by atoms with E-state index in [1.54, 1.807) is 11.3 Å².